The average Bonchev–Trinajstić information content (AvgIpc) is 2.99. The minimum atomic E-state index is -0.339. The molecule has 0 aromatic carbocycles. The van der Waals surface area contributed by atoms with Crippen LogP contribution in [0.15, 0.2) is 0 Å². The minimum Gasteiger partial charge on any atom is -0.365 e. The van der Waals surface area contributed by atoms with Crippen molar-refractivity contribution >= 4 is 11.5 Å². The van der Waals surface area contributed by atoms with Gasteiger partial charge in [-0.05, 0) is 45.2 Å². The lowest BCUT2D eigenvalue weighted by atomic mass is 10.1. The molecule has 1 aromatic heterocycles. The van der Waals surface area contributed by atoms with Crippen molar-refractivity contribution in [2.75, 3.05) is 25.0 Å². The van der Waals surface area contributed by atoms with Gasteiger partial charge < -0.3 is 10.6 Å². The molecule has 1 aromatic rings. The SMILES string of the molecule is CCCn1nc(C)c([N+](=O)[O-])c1NCCC1CCNC1. The predicted octanol–water partition coefficient (Wildman–Crippen LogP) is 1.92. The number of anilines is 1. The maximum absolute atomic E-state index is 11.2. The van der Waals surface area contributed by atoms with E-state index in [1.165, 1.54) is 6.42 Å². The van der Waals surface area contributed by atoms with Gasteiger partial charge in [-0.15, -0.1) is 0 Å². The maximum atomic E-state index is 11.2. The lowest BCUT2D eigenvalue weighted by Crippen LogP contribution is -2.15. The van der Waals surface area contributed by atoms with Gasteiger partial charge in [-0.25, -0.2) is 4.68 Å². The Morgan fingerprint density at radius 2 is 2.40 bits per heavy atom. The van der Waals surface area contributed by atoms with Crippen LogP contribution in [0.2, 0.25) is 0 Å². The monoisotopic (exact) mass is 281 g/mol. The minimum absolute atomic E-state index is 0.114. The zero-order chi connectivity index (χ0) is 14.5. The number of nitrogens with one attached hydrogen (secondary N) is 2. The Balaban J connectivity index is 2.04. The second-order valence-corrected chi connectivity index (χ2v) is 5.34. The lowest BCUT2D eigenvalue weighted by molar-refractivity contribution is -0.384. The summed E-state index contributed by atoms with van der Waals surface area (Å²) in [6.45, 7) is 7.31. The van der Waals surface area contributed by atoms with E-state index in [4.69, 9.17) is 0 Å². The van der Waals surface area contributed by atoms with Crippen LogP contribution < -0.4 is 10.6 Å². The first-order chi connectivity index (χ1) is 9.63. The highest BCUT2D eigenvalue weighted by molar-refractivity contribution is 5.59. The van der Waals surface area contributed by atoms with Gasteiger partial charge in [-0.1, -0.05) is 6.92 Å². The third-order valence-corrected chi connectivity index (χ3v) is 3.72. The zero-order valence-electron chi connectivity index (χ0n) is 12.2. The maximum Gasteiger partial charge on any atom is 0.333 e. The fraction of sp³-hybridized carbons (Fsp3) is 0.769. The Morgan fingerprint density at radius 3 is 3.00 bits per heavy atom. The normalized spacial score (nSPS) is 18.4. The van der Waals surface area contributed by atoms with E-state index >= 15 is 0 Å². The van der Waals surface area contributed by atoms with E-state index < -0.39 is 0 Å². The second-order valence-electron chi connectivity index (χ2n) is 5.34. The molecule has 7 nitrogen and oxygen atoms in total. The summed E-state index contributed by atoms with van der Waals surface area (Å²) in [6, 6.07) is 0. The van der Waals surface area contributed by atoms with Crippen molar-refractivity contribution in [1.82, 2.24) is 15.1 Å². The summed E-state index contributed by atoms with van der Waals surface area (Å²) >= 11 is 0. The van der Waals surface area contributed by atoms with E-state index in [2.05, 4.69) is 15.7 Å². The van der Waals surface area contributed by atoms with Crippen LogP contribution in [0.1, 0.15) is 31.9 Å². The summed E-state index contributed by atoms with van der Waals surface area (Å²) in [6.07, 6.45) is 3.12. The number of nitrogens with zero attached hydrogens (tertiary/aromatic N) is 3. The molecule has 20 heavy (non-hydrogen) atoms. The molecule has 0 radical (unpaired) electrons. The van der Waals surface area contributed by atoms with Gasteiger partial charge >= 0.3 is 5.69 Å². The molecule has 0 spiro atoms. The molecule has 0 saturated carbocycles. The highest BCUT2D eigenvalue weighted by Crippen LogP contribution is 2.28. The van der Waals surface area contributed by atoms with E-state index in [0.29, 0.717) is 24.0 Å². The fourth-order valence-corrected chi connectivity index (χ4v) is 2.69. The first kappa shape index (κ1) is 14.8. The number of aryl methyl sites for hydroxylation is 2. The summed E-state index contributed by atoms with van der Waals surface area (Å²) < 4.78 is 1.72. The number of nitro groups is 1. The van der Waals surface area contributed by atoms with Gasteiger partial charge in [-0.2, -0.15) is 5.10 Å². The fourth-order valence-electron chi connectivity index (χ4n) is 2.69. The van der Waals surface area contributed by atoms with E-state index in [1.807, 2.05) is 6.92 Å². The quantitative estimate of drug-likeness (QED) is 0.589. The van der Waals surface area contributed by atoms with Crippen LogP contribution in [0.4, 0.5) is 11.5 Å². The molecule has 0 aliphatic carbocycles. The molecule has 1 unspecified atom stereocenters. The molecular formula is C13H23N5O2. The van der Waals surface area contributed by atoms with E-state index in [9.17, 15) is 10.1 Å². The van der Waals surface area contributed by atoms with Crippen molar-refractivity contribution in [2.24, 2.45) is 5.92 Å². The molecule has 0 amide bonds. The van der Waals surface area contributed by atoms with Crippen molar-refractivity contribution in [3.05, 3.63) is 15.8 Å². The standard InChI is InChI=1S/C13H23N5O2/c1-3-8-17-13(12(18(19)20)10(2)16-17)15-7-5-11-4-6-14-9-11/h11,14-15H,3-9H2,1-2H3. The Labute approximate surface area is 118 Å². The van der Waals surface area contributed by atoms with Gasteiger partial charge in [0.25, 0.3) is 0 Å². The molecule has 0 bridgehead atoms. The van der Waals surface area contributed by atoms with Crippen LogP contribution >= 0.6 is 0 Å². The summed E-state index contributed by atoms with van der Waals surface area (Å²) in [7, 11) is 0. The molecule has 112 valence electrons. The summed E-state index contributed by atoms with van der Waals surface area (Å²) in [4.78, 5) is 10.8. The molecule has 1 fully saturated rings. The van der Waals surface area contributed by atoms with Crippen LogP contribution in [0.25, 0.3) is 0 Å². The topological polar surface area (TPSA) is 85.0 Å². The van der Waals surface area contributed by atoms with Gasteiger partial charge in [0.2, 0.25) is 5.82 Å². The predicted molar refractivity (Wildman–Crippen MR) is 78.0 cm³/mol. The van der Waals surface area contributed by atoms with E-state index in [0.717, 1.165) is 32.5 Å². The van der Waals surface area contributed by atoms with Crippen LogP contribution in [0.5, 0.6) is 0 Å². The van der Waals surface area contributed by atoms with Crippen LogP contribution in [-0.2, 0) is 6.54 Å². The van der Waals surface area contributed by atoms with Gasteiger partial charge in [0.15, 0.2) is 0 Å². The Morgan fingerprint density at radius 1 is 1.60 bits per heavy atom. The summed E-state index contributed by atoms with van der Waals surface area (Å²) in [5.74, 6) is 1.23. The van der Waals surface area contributed by atoms with Gasteiger partial charge in [-0.3, -0.25) is 10.1 Å². The highest BCUT2D eigenvalue weighted by Gasteiger charge is 2.25. The lowest BCUT2D eigenvalue weighted by Gasteiger charge is -2.11. The Hall–Kier alpha value is -1.63. The molecule has 2 N–H and O–H groups in total. The van der Waals surface area contributed by atoms with Crippen LogP contribution in [-0.4, -0.2) is 34.3 Å². The van der Waals surface area contributed by atoms with Crippen molar-refractivity contribution in [1.29, 1.82) is 0 Å². The second kappa shape index (κ2) is 6.69. The number of rotatable bonds is 7. The smallest absolute Gasteiger partial charge is 0.333 e. The van der Waals surface area contributed by atoms with Crippen LogP contribution in [0.3, 0.4) is 0 Å². The molecular weight excluding hydrogens is 258 g/mol. The van der Waals surface area contributed by atoms with Gasteiger partial charge in [0.1, 0.15) is 5.69 Å². The van der Waals surface area contributed by atoms with Gasteiger partial charge in [0.05, 0.1) is 4.92 Å². The third kappa shape index (κ3) is 3.27. The van der Waals surface area contributed by atoms with E-state index in [1.54, 1.807) is 11.6 Å². The Kier molecular flexibility index (Phi) is 4.94. The molecule has 7 heteroatoms. The number of hydrogen-bond acceptors (Lipinski definition) is 5. The van der Waals surface area contributed by atoms with E-state index in [-0.39, 0.29) is 10.6 Å². The first-order valence-corrected chi connectivity index (χ1v) is 7.29. The van der Waals surface area contributed by atoms with Crippen molar-refractivity contribution in [3.8, 4) is 0 Å². The van der Waals surface area contributed by atoms with Crippen molar-refractivity contribution < 1.29 is 4.92 Å². The van der Waals surface area contributed by atoms with Crippen molar-refractivity contribution in [3.63, 3.8) is 0 Å². The first-order valence-electron chi connectivity index (χ1n) is 7.29. The molecule has 1 atom stereocenters. The highest BCUT2D eigenvalue weighted by atomic mass is 16.6. The molecule has 2 rings (SSSR count). The number of hydrogen-bond donors (Lipinski definition) is 2. The molecule has 2 heterocycles. The largest absolute Gasteiger partial charge is 0.365 e. The third-order valence-electron chi connectivity index (χ3n) is 3.72. The molecule has 1 aliphatic heterocycles. The Bertz CT molecular complexity index is 466. The average molecular weight is 281 g/mol. The van der Waals surface area contributed by atoms with Gasteiger partial charge in [0, 0.05) is 13.1 Å². The van der Waals surface area contributed by atoms with Crippen LogP contribution in [0, 0.1) is 23.0 Å². The van der Waals surface area contributed by atoms with Crippen molar-refractivity contribution in [2.45, 2.75) is 39.7 Å². The number of aromatic nitrogens is 2. The molecule has 1 saturated heterocycles. The summed E-state index contributed by atoms with van der Waals surface area (Å²) in [5, 5.41) is 22.0. The zero-order valence-corrected chi connectivity index (χ0v) is 12.2. The summed E-state index contributed by atoms with van der Waals surface area (Å²) in [5.41, 5.74) is 0.594. The molecule has 1 aliphatic rings.